The number of nitrogens with zero attached hydrogens (tertiary/aromatic N) is 2. The highest BCUT2D eigenvalue weighted by Crippen LogP contribution is 2.24. The van der Waals surface area contributed by atoms with Crippen molar-refractivity contribution in [2.75, 3.05) is 0 Å². The van der Waals surface area contributed by atoms with Crippen LogP contribution in [-0.4, -0.2) is 14.8 Å². The Kier molecular flexibility index (Phi) is 2.82. The minimum Gasteiger partial charge on any atom is -0.266 e. The Labute approximate surface area is 102 Å². The zero-order chi connectivity index (χ0) is 11.0. The first-order valence-electron chi connectivity index (χ1n) is 4.19. The topological polar surface area (TPSA) is 33.6 Å². The number of nitrogens with one attached hydrogen (secondary N) is 1. The summed E-state index contributed by atoms with van der Waals surface area (Å²) < 4.78 is 2.20. The monoisotopic (exact) mass is 259 g/mol. The lowest BCUT2D eigenvalue weighted by Crippen LogP contribution is -1.98. The SMILES string of the molecule is Cc1nc(=S)[nH]n1-c1ccc(Cl)c(Cl)c1. The van der Waals surface area contributed by atoms with Gasteiger partial charge in [-0.2, -0.15) is 0 Å². The van der Waals surface area contributed by atoms with Crippen LogP contribution in [0, 0.1) is 11.7 Å². The molecule has 6 heteroatoms. The second-order valence-electron chi connectivity index (χ2n) is 3.01. The number of aromatic nitrogens is 3. The summed E-state index contributed by atoms with van der Waals surface area (Å²) in [6, 6.07) is 5.33. The molecule has 0 radical (unpaired) electrons. The zero-order valence-electron chi connectivity index (χ0n) is 7.79. The van der Waals surface area contributed by atoms with Gasteiger partial charge in [0.25, 0.3) is 0 Å². The van der Waals surface area contributed by atoms with Gasteiger partial charge in [-0.15, -0.1) is 0 Å². The van der Waals surface area contributed by atoms with Crippen molar-refractivity contribution in [3.63, 3.8) is 0 Å². The second-order valence-corrected chi connectivity index (χ2v) is 4.21. The van der Waals surface area contributed by atoms with Crippen molar-refractivity contribution < 1.29 is 0 Å². The molecule has 0 atom stereocenters. The van der Waals surface area contributed by atoms with Crippen LogP contribution in [0.1, 0.15) is 5.82 Å². The molecule has 2 rings (SSSR count). The van der Waals surface area contributed by atoms with Crippen molar-refractivity contribution in [2.24, 2.45) is 0 Å². The molecule has 1 heterocycles. The van der Waals surface area contributed by atoms with Crippen LogP contribution in [0.25, 0.3) is 5.69 Å². The molecule has 1 aromatic carbocycles. The standard InChI is InChI=1S/C9H7Cl2N3S/c1-5-12-9(15)13-14(5)6-2-3-7(10)8(11)4-6/h2-4H,1H3,(H,13,15). The molecule has 0 unspecified atom stereocenters. The maximum atomic E-state index is 5.92. The van der Waals surface area contributed by atoms with Crippen LogP contribution in [0.3, 0.4) is 0 Å². The van der Waals surface area contributed by atoms with Gasteiger partial charge in [0, 0.05) is 0 Å². The smallest absolute Gasteiger partial charge is 0.213 e. The molecule has 2 aromatic rings. The van der Waals surface area contributed by atoms with E-state index in [4.69, 9.17) is 35.4 Å². The summed E-state index contributed by atoms with van der Waals surface area (Å²) in [4.78, 5) is 4.09. The molecule has 0 bridgehead atoms. The van der Waals surface area contributed by atoms with Crippen molar-refractivity contribution in [1.29, 1.82) is 0 Å². The number of aromatic amines is 1. The van der Waals surface area contributed by atoms with Crippen LogP contribution in [0.5, 0.6) is 0 Å². The molecule has 0 aliphatic rings. The summed E-state index contributed by atoms with van der Waals surface area (Å²) in [5.74, 6) is 0.776. The summed E-state index contributed by atoms with van der Waals surface area (Å²) >= 11 is 16.7. The number of H-pyrrole nitrogens is 1. The van der Waals surface area contributed by atoms with E-state index in [0.717, 1.165) is 11.5 Å². The summed E-state index contributed by atoms with van der Waals surface area (Å²) in [6.45, 7) is 1.86. The van der Waals surface area contributed by atoms with Gasteiger partial charge in [0.2, 0.25) is 4.77 Å². The first kappa shape index (κ1) is 10.7. The zero-order valence-corrected chi connectivity index (χ0v) is 10.1. The Morgan fingerprint density at radius 1 is 1.33 bits per heavy atom. The van der Waals surface area contributed by atoms with Crippen LogP contribution in [0.2, 0.25) is 10.0 Å². The van der Waals surface area contributed by atoms with Crippen LogP contribution in [-0.2, 0) is 0 Å². The van der Waals surface area contributed by atoms with E-state index in [1.54, 1.807) is 16.8 Å². The predicted octanol–water partition coefficient (Wildman–Crippen LogP) is 3.55. The van der Waals surface area contributed by atoms with Crippen LogP contribution < -0.4 is 0 Å². The maximum Gasteiger partial charge on any atom is 0.213 e. The molecule has 0 saturated carbocycles. The summed E-state index contributed by atoms with van der Waals surface area (Å²) in [5, 5.41) is 3.95. The Balaban J connectivity index is 2.59. The molecule has 0 spiro atoms. The summed E-state index contributed by atoms with van der Waals surface area (Å²) in [6.07, 6.45) is 0. The van der Waals surface area contributed by atoms with E-state index in [1.165, 1.54) is 0 Å². The van der Waals surface area contributed by atoms with Gasteiger partial charge in [-0.3, -0.25) is 5.10 Å². The Morgan fingerprint density at radius 2 is 2.07 bits per heavy atom. The highest BCUT2D eigenvalue weighted by Gasteiger charge is 2.04. The molecule has 15 heavy (non-hydrogen) atoms. The van der Waals surface area contributed by atoms with E-state index in [2.05, 4.69) is 10.1 Å². The summed E-state index contributed by atoms with van der Waals surface area (Å²) in [7, 11) is 0. The van der Waals surface area contributed by atoms with Gasteiger partial charge in [-0.1, -0.05) is 23.2 Å². The third-order valence-electron chi connectivity index (χ3n) is 1.96. The number of hydrogen-bond acceptors (Lipinski definition) is 2. The van der Waals surface area contributed by atoms with E-state index in [9.17, 15) is 0 Å². The molecule has 0 fully saturated rings. The fourth-order valence-electron chi connectivity index (χ4n) is 1.27. The van der Waals surface area contributed by atoms with Gasteiger partial charge >= 0.3 is 0 Å². The Hall–Kier alpha value is -0.840. The fraction of sp³-hybridized carbons (Fsp3) is 0.111. The molecular weight excluding hydrogens is 253 g/mol. The quantitative estimate of drug-likeness (QED) is 0.795. The molecule has 0 saturated heterocycles. The lowest BCUT2D eigenvalue weighted by Gasteiger charge is -2.05. The minimum atomic E-state index is 0.443. The van der Waals surface area contributed by atoms with Gasteiger partial charge < -0.3 is 0 Å². The first-order valence-corrected chi connectivity index (χ1v) is 5.35. The molecule has 1 aromatic heterocycles. The highest BCUT2D eigenvalue weighted by atomic mass is 35.5. The number of rotatable bonds is 1. The molecule has 0 amide bonds. The predicted molar refractivity (Wildman–Crippen MR) is 63.5 cm³/mol. The van der Waals surface area contributed by atoms with Crippen molar-refractivity contribution in [3.05, 3.63) is 38.8 Å². The van der Waals surface area contributed by atoms with E-state index in [0.29, 0.717) is 14.8 Å². The highest BCUT2D eigenvalue weighted by molar-refractivity contribution is 7.71. The normalized spacial score (nSPS) is 10.6. The molecule has 0 aliphatic heterocycles. The van der Waals surface area contributed by atoms with Gasteiger partial charge in [-0.25, -0.2) is 9.67 Å². The molecule has 78 valence electrons. The van der Waals surface area contributed by atoms with Crippen molar-refractivity contribution >= 4 is 35.4 Å². The van der Waals surface area contributed by atoms with E-state index >= 15 is 0 Å². The van der Waals surface area contributed by atoms with Crippen molar-refractivity contribution in [3.8, 4) is 5.69 Å². The third kappa shape index (κ3) is 2.07. The molecule has 0 aliphatic carbocycles. The lowest BCUT2D eigenvalue weighted by molar-refractivity contribution is 0.837. The van der Waals surface area contributed by atoms with Gasteiger partial charge in [0.1, 0.15) is 5.82 Å². The number of benzene rings is 1. The number of aryl methyl sites for hydroxylation is 1. The average Bonchev–Trinajstić information content (AvgIpc) is 2.50. The second kappa shape index (κ2) is 3.96. The van der Waals surface area contributed by atoms with E-state index < -0.39 is 0 Å². The van der Waals surface area contributed by atoms with E-state index in [1.807, 2.05) is 13.0 Å². The third-order valence-corrected chi connectivity index (χ3v) is 2.88. The maximum absolute atomic E-state index is 5.92. The van der Waals surface area contributed by atoms with Gasteiger partial charge in [0.15, 0.2) is 0 Å². The lowest BCUT2D eigenvalue weighted by atomic mass is 10.3. The van der Waals surface area contributed by atoms with Gasteiger partial charge in [0.05, 0.1) is 15.7 Å². The first-order chi connectivity index (χ1) is 7.08. The van der Waals surface area contributed by atoms with Crippen molar-refractivity contribution in [1.82, 2.24) is 14.8 Å². The van der Waals surface area contributed by atoms with Crippen LogP contribution >= 0.6 is 35.4 Å². The Bertz CT molecular complexity index is 559. The molecule has 3 nitrogen and oxygen atoms in total. The van der Waals surface area contributed by atoms with Crippen LogP contribution in [0.4, 0.5) is 0 Å². The summed E-state index contributed by atoms with van der Waals surface area (Å²) in [5.41, 5.74) is 0.852. The largest absolute Gasteiger partial charge is 0.266 e. The average molecular weight is 260 g/mol. The number of hydrogen-bond donors (Lipinski definition) is 1. The van der Waals surface area contributed by atoms with Crippen LogP contribution in [0.15, 0.2) is 18.2 Å². The molecule has 1 N–H and O–H groups in total. The van der Waals surface area contributed by atoms with E-state index in [-0.39, 0.29) is 0 Å². The number of halogens is 2. The molecular formula is C9H7Cl2N3S. The Morgan fingerprint density at radius 3 is 2.60 bits per heavy atom. The minimum absolute atomic E-state index is 0.443. The van der Waals surface area contributed by atoms with Gasteiger partial charge in [-0.05, 0) is 37.3 Å². The fourth-order valence-corrected chi connectivity index (χ4v) is 1.79. The van der Waals surface area contributed by atoms with Crippen molar-refractivity contribution in [2.45, 2.75) is 6.92 Å².